The summed E-state index contributed by atoms with van der Waals surface area (Å²) in [4.78, 5) is 0. The second-order valence-electron chi connectivity index (χ2n) is 4.45. The van der Waals surface area contributed by atoms with Crippen LogP contribution in [0, 0.1) is 23.0 Å². The third-order valence-electron chi connectivity index (χ3n) is 3.11. The van der Waals surface area contributed by atoms with E-state index in [0.717, 1.165) is 0 Å². The summed E-state index contributed by atoms with van der Waals surface area (Å²) in [6.45, 7) is 0. The number of hydrogen-bond acceptors (Lipinski definition) is 6. The molecule has 0 radical (unpaired) electrons. The van der Waals surface area contributed by atoms with Crippen LogP contribution < -0.4 is 0 Å². The molecule has 2 aromatic carbocycles. The highest BCUT2D eigenvalue weighted by molar-refractivity contribution is 5.38. The van der Waals surface area contributed by atoms with E-state index in [-0.39, 0.29) is 11.5 Å². The van der Waals surface area contributed by atoms with Gasteiger partial charge in [0.2, 0.25) is 0 Å². The molecule has 22 heavy (non-hydrogen) atoms. The van der Waals surface area contributed by atoms with E-state index < -0.39 is 12.2 Å². The van der Waals surface area contributed by atoms with Gasteiger partial charge in [0, 0.05) is 0 Å². The van der Waals surface area contributed by atoms with Gasteiger partial charge in [-0.15, -0.1) is 0 Å². The first-order valence-electron chi connectivity index (χ1n) is 6.33. The molecule has 0 atom stereocenters. The van der Waals surface area contributed by atoms with Crippen LogP contribution in [-0.4, -0.2) is 16.5 Å². The van der Waals surface area contributed by atoms with Crippen molar-refractivity contribution in [3.8, 4) is 24.0 Å². The topological polar surface area (TPSA) is 106 Å². The zero-order valence-electron chi connectivity index (χ0n) is 11.4. The first kappa shape index (κ1) is 15.0. The number of ether oxygens (including phenoxy) is 2. The molecule has 110 valence electrons. The normalized spacial score (nSPS) is 10.0. The minimum absolute atomic E-state index is 0.0900. The van der Waals surface area contributed by atoms with Crippen molar-refractivity contribution in [1.82, 2.24) is 0 Å². The van der Waals surface area contributed by atoms with Crippen LogP contribution >= 0.6 is 0 Å². The number of nitrogens with zero attached hydrogens (tertiary/aromatic N) is 2. The molecular formula is C16H12N2O4. The van der Waals surface area contributed by atoms with Crippen LogP contribution in [0.1, 0.15) is 17.0 Å². The average molecular weight is 296 g/mol. The van der Waals surface area contributed by atoms with E-state index in [9.17, 15) is 10.2 Å². The summed E-state index contributed by atoms with van der Waals surface area (Å²) < 4.78 is 9.70. The van der Waals surface area contributed by atoms with E-state index in [1.807, 2.05) is 0 Å². The zero-order valence-corrected chi connectivity index (χ0v) is 11.4. The van der Waals surface area contributed by atoms with Crippen molar-refractivity contribution in [2.45, 2.75) is 12.2 Å². The number of hydrogen-bond donors (Lipinski definition) is 2. The van der Waals surface area contributed by atoms with Gasteiger partial charge in [-0.1, -0.05) is 24.3 Å². The average Bonchev–Trinajstić information content (AvgIpc) is 2.52. The third kappa shape index (κ3) is 3.38. The number of nitriles is 2. The molecule has 0 saturated heterocycles. The van der Waals surface area contributed by atoms with Crippen molar-refractivity contribution in [2.24, 2.45) is 0 Å². The Morgan fingerprint density at radius 1 is 0.727 bits per heavy atom. The van der Waals surface area contributed by atoms with Gasteiger partial charge in [0.1, 0.15) is 11.5 Å². The maximum Gasteiger partial charge on any atom is 0.289 e. The van der Waals surface area contributed by atoms with Crippen molar-refractivity contribution in [2.75, 3.05) is 0 Å². The third-order valence-corrected chi connectivity index (χ3v) is 3.11. The summed E-state index contributed by atoms with van der Waals surface area (Å²) >= 11 is 0. The molecule has 0 aromatic heterocycles. The van der Waals surface area contributed by atoms with Crippen molar-refractivity contribution < 1.29 is 19.7 Å². The smallest absolute Gasteiger partial charge is 0.289 e. The Balaban J connectivity index is 2.48. The summed E-state index contributed by atoms with van der Waals surface area (Å²) in [5.41, 5.74) is 1.36. The molecule has 0 fully saturated rings. The first-order chi connectivity index (χ1) is 10.7. The number of benzene rings is 2. The van der Waals surface area contributed by atoms with Crippen LogP contribution in [0.4, 0.5) is 0 Å². The van der Waals surface area contributed by atoms with Gasteiger partial charge in [-0.2, -0.15) is 10.5 Å². The highest BCUT2D eigenvalue weighted by Gasteiger charge is 2.29. The molecule has 0 saturated carbocycles. The molecule has 0 aliphatic heterocycles. The lowest BCUT2D eigenvalue weighted by molar-refractivity contribution is -0.0545. The summed E-state index contributed by atoms with van der Waals surface area (Å²) in [6, 6.07) is 12.5. The van der Waals surface area contributed by atoms with E-state index in [1.165, 1.54) is 36.8 Å². The maximum atomic E-state index is 9.39. The summed E-state index contributed by atoms with van der Waals surface area (Å²) in [5, 5.41) is 36.3. The minimum atomic E-state index is -1.15. The molecule has 0 bridgehead atoms. The molecule has 0 unspecified atom stereocenters. The van der Waals surface area contributed by atoms with E-state index in [2.05, 4.69) is 0 Å². The molecule has 6 heteroatoms. The predicted octanol–water partition coefficient (Wildman–Crippen LogP) is 2.55. The molecule has 0 amide bonds. The van der Waals surface area contributed by atoms with Crippen molar-refractivity contribution in [3.63, 3.8) is 0 Å². The molecular weight excluding hydrogens is 284 g/mol. The Labute approximate surface area is 127 Å². The molecule has 2 N–H and O–H groups in total. The van der Waals surface area contributed by atoms with Gasteiger partial charge in [0.05, 0.1) is 5.92 Å². The zero-order chi connectivity index (χ0) is 15.9. The Morgan fingerprint density at radius 2 is 1.09 bits per heavy atom. The summed E-state index contributed by atoms with van der Waals surface area (Å²) in [5.74, 6) is -0.403. The lowest BCUT2D eigenvalue weighted by Gasteiger charge is -2.23. The molecule has 0 aliphatic rings. The van der Waals surface area contributed by atoms with E-state index in [1.54, 1.807) is 24.3 Å². The molecule has 0 spiro atoms. The Morgan fingerprint density at radius 3 is 1.41 bits per heavy atom. The Hall–Kier alpha value is -3.38. The molecule has 6 nitrogen and oxygen atoms in total. The van der Waals surface area contributed by atoms with E-state index in [4.69, 9.17) is 20.0 Å². The summed E-state index contributed by atoms with van der Waals surface area (Å²) in [6.07, 6.45) is 1.89. The van der Waals surface area contributed by atoms with Crippen LogP contribution in [0.2, 0.25) is 0 Å². The second kappa shape index (κ2) is 6.87. The minimum Gasteiger partial charge on any atom is -0.508 e. The monoisotopic (exact) mass is 296 g/mol. The highest BCUT2D eigenvalue weighted by atomic mass is 16.7. The standard InChI is InChI=1S/C16H12N2O4/c17-9-21-16(22-10-18)15(11-1-5-13(19)6-2-11)12-3-7-14(20)8-4-12/h1-8,15-16,19-20H. The van der Waals surface area contributed by atoms with Gasteiger partial charge in [0.25, 0.3) is 18.8 Å². The van der Waals surface area contributed by atoms with Gasteiger partial charge < -0.3 is 19.7 Å². The fourth-order valence-corrected chi connectivity index (χ4v) is 2.13. The van der Waals surface area contributed by atoms with Crippen LogP contribution in [0.15, 0.2) is 48.5 Å². The van der Waals surface area contributed by atoms with Gasteiger partial charge in [-0.05, 0) is 35.4 Å². The summed E-state index contributed by atoms with van der Waals surface area (Å²) in [7, 11) is 0. The lowest BCUT2D eigenvalue weighted by Crippen LogP contribution is -2.23. The lowest BCUT2D eigenvalue weighted by atomic mass is 9.90. The first-order valence-corrected chi connectivity index (χ1v) is 6.33. The fourth-order valence-electron chi connectivity index (χ4n) is 2.13. The number of phenolic OH excluding ortho intramolecular Hbond substituents is 2. The quantitative estimate of drug-likeness (QED) is 0.648. The maximum absolute atomic E-state index is 9.39. The van der Waals surface area contributed by atoms with Crippen molar-refractivity contribution in [1.29, 1.82) is 10.5 Å². The Bertz CT molecular complexity index is 637. The van der Waals surface area contributed by atoms with Crippen LogP contribution in [-0.2, 0) is 9.47 Å². The molecule has 0 aliphatic carbocycles. The second-order valence-corrected chi connectivity index (χ2v) is 4.45. The van der Waals surface area contributed by atoms with Gasteiger partial charge in [-0.3, -0.25) is 0 Å². The fraction of sp³-hybridized carbons (Fsp3) is 0.125. The molecule has 2 rings (SSSR count). The Kier molecular flexibility index (Phi) is 4.69. The largest absolute Gasteiger partial charge is 0.508 e. The highest BCUT2D eigenvalue weighted by Crippen LogP contribution is 2.32. The van der Waals surface area contributed by atoms with Crippen LogP contribution in [0.25, 0.3) is 0 Å². The number of phenols is 2. The van der Waals surface area contributed by atoms with Crippen LogP contribution in [0.3, 0.4) is 0 Å². The van der Waals surface area contributed by atoms with E-state index >= 15 is 0 Å². The molecule has 0 heterocycles. The molecule has 2 aromatic rings. The van der Waals surface area contributed by atoms with Gasteiger partial charge in [-0.25, -0.2) is 0 Å². The predicted molar refractivity (Wildman–Crippen MR) is 75.2 cm³/mol. The van der Waals surface area contributed by atoms with Gasteiger partial charge >= 0.3 is 0 Å². The van der Waals surface area contributed by atoms with Crippen molar-refractivity contribution >= 4 is 0 Å². The SMILES string of the molecule is N#COC(OC#N)C(c1ccc(O)cc1)c1ccc(O)cc1. The van der Waals surface area contributed by atoms with Crippen LogP contribution in [0.5, 0.6) is 11.5 Å². The number of rotatable bonds is 5. The number of aromatic hydroxyl groups is 2. The van der Waals surface area contributed by atoms with Crippen molar-refractivity contribution in [3.05, 3.63) is 59.7 Å². The van der Waals surface area contributed by atoms with E-state index in [0.29, 0.717) is 11.1 Å². The van der Waals surface area contributed by atoms with Gasteiger partial charge in [0.15, 0.2) is 0 Å².